The third-order valence-corrected chi connectivity index (χ3v) is 12.0. The van der Waals surface area contributed by atoms with Gasteiger partial charge in [-0.3, -0.25) is 4.98 Å². The van der Waals surface area contributed by atoms with E-state index in [9.17, 15) is 0 Å². The minimum Gasteiger partial charge on any atom is -0.310 e. The van der Waals surface area contributed by atoms with Crippen LogP contribution in [0.25, 0.3) is 71.4 Å². The van der Waals surface area contributed by atoms with Gasteiger partial charge in [0.1, 0.15) is 0 Å². The van der Waals surface area contributed by atoms with Crippen molar-refractivity contribution in [2.24, 2.45) is 0 Å². The van der Waals surface area contributed by atoms with Gasteiger partial charge in [0.05, 0.1) is 10.2 Å². The van der Waals surface area contributed by atoms with E-state index in [1.807, 2.05) is 40.2 Å². The number of thiophene rings is 3. The number of nitrogens with zero attached hydrogens (tertiary/aromatic N) is 2. The Morgan fingerprint density at radius 1 is 0.386 bits per heavy atom. The van der Waals surface area contributed by atoms with Crippen LogP contribution in [-0.2, 0) is 0 Å². The van der Waals surface area contributed by atoms with Crippen LogP contribution >= 0.6 is 34.0 Å². The first-order valence-corrected chi connectivity index (χ1v) is 17.1. The summed E-state index contributed by atoms with van der Waals surface area (Å²) >= 11 is 5.56. The summed E-state index contributed by atoms with van der Waals surface area (Å²) in [7, 11) is 0. The molecular weight excluding hydrogens is 593 g/mol. The number of hydrogen-bond donors (Lipinski definition) is 0. The molecule has 0 radical (unpaired) electrons. The fraction of sp³-hybridized carbons (Fsp3) is 0. The lowest BCUT2D eigenvalue weighted by atomic mass is 10.1. The van der Waals surface area contributed by atoms with Crippen LogP contribution < -0.4 is 4.90 Å². The fourth-order valence-corrected chi connectivity index (χ4v) is 10.1. The summed E-state index contributed by atoms with van der Waals surface area (Å²) in [6.07, 6.45) is 2.03. The van der Waals surface area contributed by atoms with Gasteiger partial charge < -0.3 is 4.90 Å². The normalized spacial score (nSPS) is 12.1. The van der Waals surface area contributed by atoms with E-state index < -0.39 is 0 Å². The zero-order chi connectivity index (χ0) is 28.8. The lowest BCUT2D eigenvalue weighted by molar-refractivity contribution is 1.30. The Morgan fingerprint density at radius 3 is 1.45 bits per heavy atom. The number of fused-ring (bicyclic) bond motifs is 11. The van der Waals surface area contributed by atoms with Gasteiger partial charge in [-0.1, -0.05) is 72.8 Å². The van der Waals surface area contributed by atoms with E-state index in [4.69, 9.17) is 4.98 Å². The lowest BCUT2D eigenvalue weighted by Crippen LogP contribution is -2.09. The van der Waals surface area contributed by atoms with Crippen molar-refractivity contribution in [2.45, 2.75) is 0 Å². The molecule has 0 aliphatic carbocycles. The molecule has 5 heteroatoms. The minimum atomic E-state index is 1.04. The van der Waals surface area contributed by atoms with Crippen LogP contribution in [-0.4, -0.2) is 4.98 Å². The Labute approximate surface area is 264 Å². The minimum absolute atomic E-state index is 1.04. The summed E-state index contributed by atoms with van der Waals surface area (Å²) in [5, 5.41) is 9.07. The first-order valence-electron chi connectivity index (χ1n) is 14.6. The van der Waals surface area contributed by atoms with E-state index in [1.54, 1.807) is 0 Å². The SMILES string of the molecule is c1ccc2c(c1)ncc1sc3cc(N(c4ccc5c(c4)sc4ccccc45)c4ccc5c(c4)sc4ccccc45)ccc3c12. The molecule has 10 aromatic rings. The molecule has 44 heavy (non-hydrogen) atoms. The quantitative estimate of drug-likeness (QED) is 0.197. The van der Waals surface area contributed by atoms with Crippen molar-refractivity contribution in [1.29, 1.82) is 0 Å². The van der Waals surface area contributed by atoms with Crippen LogP contribution in [0.5, 0.6) is 0 Å². The van der Waals surface area contributed by atoms with Crippen LogP contribution in [0.1, 0.15) is 0 Å². The summed E-state index contributed by atoms with van der Waals surface area (Å²) in [6, 6.07) is 46.7. The molecule has 0 saturated heterocycles. The topological polar surface area (TPSA) is 16.1 Å². The summed E-state index contributed by atoms with van der Waals surface area (Å²) in [5.41, 5.74) is 4.52. The molecule has 0 bridgehead atoms. The molecule has 0 atom stereocenters. The molecule has 0 amide bonds. The van der Waals surface area contributed by atoms with Crippen molar-refractivity contribution in [1.82, 2.24) is 4.98 Å². The predicted octanol–water partition coefficient (Wildman–Crippen LogP) is 12.8. The van der Waals surface area contributed by atoms with Crippen LogP contribution in [0, 0.1) is 0 Å². The van der Waals surface area contributed by atoms with Gasteiger partial charge in [0.2, 0.25) is 0 Å². The van der Waals surface area contributed by atoms with Gasteiger partial charge >= 0.3 is 0 Å². The highest BCUT2D eigenvalue weighted by atomic mass is 32.1. The molecule has 0 fully saturated rings. The highest BCUT2D eigenvalue weighted by Gasteiger charge is 2.18. The second-order valence-corrected chi connectivity index (χ2v) is 14.4. The highest BCUT2D eigenvalue weighted by Crippen LogP contribution is 2.45. The number of aromatic nitrogens is 1. The average Bonchev–Trinajstić information content (AvgIpc) is 3.75. The smallest absolute Gasteiger partial charge is 0.0709 e. The summed E-state index contributed by atoms with van der Waals surface area (Å²) in [4.78, 5) is 7.18. The van der Waals surface area contributed by atoms with Crippen LogP contribution in [0.15, 0.2) is 134 Å². The number of benzene rings is 6. The standard InChI is InChI=1S/C39H22N2S3/c1-4-10-32-30(9-1)39-31-18-15-25(21-37(31)44-38(39)22-40-32)41(23-13-16-28-26-7-2-5-11-33(26)42-35(28)19-23)24-14-17-29-27-8-3-6-12-34(27)43-36(29)20-24/h1-22H. The Bertz CT molecular complexity index is 2630. The zero-order valence-electron chi connectivity index (χ0n) is 23.3. The Morgan fingerprint density at radius 2 is 0.841 bits per heavy atom. The van der Waals surface area contributed by atoms with Gasteiger partial charge in [-0.05, 0) is 54.6 Å². The molecule has 0 N–H and O–H groups in total. The van der Waals surface area contributed by atoms with Crippen LogP contribution in [0.4, 0.5) is 17.1 Å². The van der Waals surface area contributed by atoms with Crippen LogP contribution in [0.3, 0.4) is 0 Å². The Kier molecular flexibility index (Phi) is 5.23. The lowest BCUT2D eigenvalue weighted by Gasteiger charge is -2.26. The van der Waals surface area contributed by atoms with Crippen LogP contribution in [0.2, 0.25) is 0 Å². The first kappa shape index (κ1) is 24.6. The maximum atomic E-state index is 4.75. The molecule has 0 aliphatic rings. The molecule has 0 aliphatic heterocycles. The van der Waals surface area contributed by atoms with Gasteiger partial charge in [0, 0.05) is 84.5 Å². The third-order valence-electron chi connectivity index (χ3n) is 8.69. The Balaban J connectivity index is 1.21. The van der Waals surface area contributed by atoms with Gasteiger partial charge in [0.25, 0.3) is 0 Å². The summed E-state index contributed by atoms with van der Waals surface area (Å²) < 4.78 is 7.75. The van der Waals surface area contributed by atoms with Gasteiger partial charge in [-0.15, -0.1) is 34.0 Å². The number of hydrogen-bond acceptors (Lipinski definition) is 5. The fourth-order valence-electron chi connectivity index (χ4n) is 6.69. The molecule has 2 nitrogen and oxygen atoms in total. The predicted molar refractivity (Wildman–Crippen MR) is 195 cm³/mol. The van der Waals surface area contributed by atoms with Crippen molar-refractivity contribution in [3.8, 4) is 0 Å². The van der Waals surface area contributed by atoms with E-state index in [0.29, 0.717) is 0 Å². The molecule has 0 unspecified atom stereocenters. The molecule has 0 spiro atoms. The number of para-hydroxylation sites is 1. The maximum Gasteiger partial charge on any atom is 0.0709 e. The second kappa shape index (κ2) is 9.34. The van der Waals surface area contributed by atoms with Gasteiger partial charge in [0.15, 0.2) is 0 Å². The molecule has 206 valence electrons. The molecule has 0 saturated carbocycles. The largest absolute Gasteiger partial charge is 0.310 e. The number of pyridine rings is 1. The van der Waals surface area contributed by atoms with E-state index >= 15 is 0 Å². The second-order valence-electron chi connectivity index (χ2n) is 11.2. The molecular formula is C39H22N2S3. The zero-order valence-corrected chi connectivity index (χ0v) is 25.8. The van der Waals surface area contributed by atoms with Crippen molar-refractivity contribution < 1.29 is 0 Å². The van der Waals surface area contributed by atoms with Crippen molar-refractivity contribution in [3.63, 3.8) is 0 Å². The maximum absolute atomic E-state index is 4.75. The molecule has 4 aromatic heterocycles. The first-order chi connectivity index (χ1) is 21.8. The highest BCUT2D eigenvalue weighted by molar-refractivity contribution is 7.26. The van der Waals surface area contributed by atoms with E-state index in [-0.39, 0.29) is 0 Å². The molecule has 6 aromatic carbocycles. The molecule has 10 rings (SSSR count). The van der Waals surface area contributed by atoms with Crippen molar-refractivity contribution in [2.75, 3.05) is 4.90 Å². The van der Waals surface area contributed by atoms with E-state index in [1.165, 1.54) is 65.9 Å². The average molecular weight is 615 g/mol. The number of anilines is 3. The van der Waals surface area contributed by atoms with Crippen molar-refractivity contribution >= 4 is 122 Å². The molecule has 4 heterocycles. The van der Waals surface area contributed by atoms with Gasteiger partial charge in [-0.25, -0.2) is 0 Å². The third kappa shape index (κ3) is 3.61. The monoisotopic (exact) mass is 614 g/mol. The van der Waals surface area contributed by atoms with E-state index in [2.05, 4.69) is 132 Å². The van der Waals surface area contributed by atoms with Gasteiger partial charge in [-0.2, -0.15) is 0 Å². The summed E-state index contributed by atoms with van der Waals surface area (Å²) in [5.74, 6) is 0. The Hall–Kier alpha value is -4.81. The number of rotatable bonds is 3. The summed E-state index contributed by atoms with van der Waals surface area (Å²) in [6.45, 7) is 0. The van der Waals surface area contributed by atoms with Crippen molar-refractivity contribution in [3.05, 3.63) is 134 Å². The van der Waals surface area contributed by atoms with E-state index in [0.717, 1.165) is 22.6 Å².